The second-order valence-corrected chi connectivity index (χ2v) is 8.88. The van der Waals surface area contributed by atoms with Gasteiger partial charge in [0.05, 0.1) is 43.6 Å². The topological polar surface area (TPSA) is 50.4 Å². The van der Waals surface area contributed by atoms with Crippen LogP contribution in [-0.2, 0) is 11.2 Å². The molecule has 172 valence electrons. The zero-order valence-corrected chi connectivity index (χ0v) is 20.6. The van der Waals surface area contributed by atoms with E-state index >= 15 is 0 Å². The Kier molecular flexibility index (Phi) is 7.86. The van der Waals surface area contributed by atoms with Crippen molar-refractivity contribution in [1.82, 2.24) is 0 Å². The van der Waals surface area contributed by atoms with Gasteiger partial charge in [-0.2, -0.15) is 0 Å². The van der Waals surface area contributed by atoms with Crippen LogP contribution in [0.1, 0.15) is 5.56 Å². The average Bonchev–Trinajstić information content (AvgIpc) is 2.81. The number of para-hydroxylation sites is 5. The van der Waals surface area contributed by atoms with Crippen molar-refractivity contribution < 1.29 is 9.53 Å². The third kappa shape index (κ3) is 5.78. The van der Waals surface area contributed by atoms with Crippen LogP contribution in [0.3, 0.4) is 0 Å². The number of nitrogens with one attached hydrogen (secondary N) is 2. The Morgan fingerprint density at radius 1 is 0.618 bits per heavy atom. The standard InChI is InChI=1S/C26H18Cl4N2O2/c27-17-8-5-9-18(28)25(17)31-21-12-2-1-7-16(21)15-24(33)34-23-14-4-3-13-22(23)32-26-19(29)10-6-11-20(26)30/h1-14,31-32H,15H2. The molecule has 0 aliphatic heterocycles. The summed E-state index contributed by atoms with van der Waals surface area (Å²) in [5.74, 6) is -0.0953. The van der Waals surface area contributed by atoms with Gasteiger partial charge in [0.15, 0.2) is 5.75 Å². The third-order valence-corrected chi connectivity index (χ3v) is 6.17. The molecule has 0 spiro atoms. The van der Waals surface area contributed by atoms with Crippen molar-refractivity contribution in [2.24, 2.45) is 0 Å². The molecule has 0 saturated heterocycles. The van der Waals surface area contributed by atoms with Crippen LogP contribution < -0.4 is 15.4 Å². The quantitative estimate of drug-likeness (QED) is 0.184. The molecule has 34 heavy (non-hydrogen) atoms. The van der Waals surface area contributed by atoms with Crippen molar-refractivity contribution in [3.05, 3.63) is 111 Å². The number of anilines is 4. The molecule has 0 aromatic heterocycles. The Labute approximate surface area is 217 Å². The van der Waals surface area contributed by atoms with Gasteiger partial charge in [-0.3, -0.25) is 4.79 Å². The number of halogens is 4. The van der Waals surface area contributed by atoms with Crippen molar-refractivity contribution in [1.29, 1.82) is 0 Å². The normalized spacial score (nSPS) is 10.6. The van der Waals surface area contributed by atoms with E-state index in [0.717, 1.165) is 5.56 Å². The number of rotatable bonds is 7. The minimum Gasteiger partial charge on any atom is -0.424 e. The number of hydrogen-bond donors (Lipinski definition) is 2. The van der Waals surface area contributed by atoms with Gasteiger partial charge in [0.2, 0.25) is 0 Å². The molecule has 0 radical (unpaired) electrons. The highest BCUT2D eigenvalue weighted by Gasteiger charge is 2.15. The molecule has 4 nitrogen and oxygen atoms in total. The minimum atomic E-state index is -0.445. The molecular weight excluding hydrogens is 514 g/mol. The smallest absolute Gasteiger partial charge is 0.315 e. The van der Waals surface area contributed by atoms with E-state index in [0.29, 0.717) is 48.6 Å². The highest BCUT2D eigenvalue weighted by atomic mass is 35.5. The van der Waals surface area contributed by atoms with E-state index in [-0.39, 0.29) is 6.42 Å². The van der Waals surface area contributed by atoms with E-state index < -0.39 is 5.97 Å². The molecule has 0 fully saturated rings. The van der Waals surface area contributed by atoms with Gasteiger partial charge in [0.25, 0.3) is 0 Å². The molecule has 0 aliphatic rings. The maximum absolute atomic E-state index is 12.9. The summed E-state index contributed by atoms with van der Waals surface area (Å²) in [5, 5.41) is 8.23. The van der Waals surface area contributed by atoms with Crippen LogP contribution in [0.15, 0.2) is 84.9 Å². The van der Waals surface area contributed by atoms with Gasteiger partial charge in [-0.25, -0.2) is 0 Å². The highest BCUT2D eigenvalue weighted by molar-refractivity contribution is 6.39. The van der Waals surface area contributed by atoms with E-state index in [1.165, 1.54) is 0 Å². The number of ether oxygens (including phenoxy) is 1. The summed E-state index contributed by atoms with van der Waals surface area (Å²) < 4.78 is 5.69. The first-order chi connectivity index (χ1) is 16.4. The lowest BCUT2D eigenvalue weighted by molar-refractivity contribution is -0.133. The van der Waals surface area contributed by atoms with Crippen molar-refractivity contribution in [3.8, 4) is 5.75 Å². The third-order valence-electron chi connectivity index (χ3n) is 4.91. The lowest BCUT2D eigenvalue weighted by atomic mass is 10.1. The Hall–Kier alpha value is -2.89. The summed E-state index contributed by atoms with van der Waals surface area (Å²) in [6, 6.07) is 24.9. The van der Waals surface area contributed by atoms with Crippen LogP contribution in [0.2, 0.25) is 20.1 Å². The summed E-state index contributed by atoms with van der Waals surface area (Å²) in [6.45, 7) is 0. The molecule has 0 atom stereocenters. The first-order valence-corrected chi connectivity index (χ1v) is 11.7. The molecule has 0 amide bonds. The molecule has 4 aromatic carbocycles. The monoisotopic (exact) mass is 530 g/mol. The first-order valence-electron chi connectivity index (χ1n) is 10.2. The molecule has 2 N–H and O–H groups in total. The maximum atomic E-state index is 12.9. The Bertz CT molecular complexity index is 1200. The molecule has 0 bridgehead atoms. The highest BCUT2D eigenvalue weighted by Crippen LogP contribution is 2.36. The van der Waals surface area contributed by atoms with E-state index in [1.807, 2.05) is 30.3 Å². The minimum absolute atomic E-state index is 0.0203. The van der Waals surface area contributed by atoms with Gasteiger partial charge in [-0.05, 0) is 48.0 Å². The number of carbonyl (C=O) groups excluding carboxylic acids is 1. The lowest BCUT2D eigenvalue weighted by Crippen LogP contribution is -2.13. The Morgan fingerprint density at radius 2 is 1.09 bits per heavy atom. The molecule has 4 aromatic rings. The number of esters is 1. The van der Waals surface area contributed by atoms with Crippen LogP contribution in [0.4, 0.5) is 22.7 Å². The van der Waals surface area contributed by atoms with Crippen LogP contribution in [-0.4, -0.2) is 5.97 Å². The van der Waals surface area contributed by atoms with Gasteiger partial charge in [0.1, 0.15) is 0 Å². The van der Waals surface area contributed by atoms with E-state index in [2.05, 4.69) is 10.6 Å². The number of hydrogen-bond acceptors (Lipinski definition) is 4. The van der Waals surface area contributed by atoms with Crippen LogP contribution in [0.5, 0.6) is 5.75 Å². The summed E-state index contributed by atoms with van der Waals surface area (Å²) in [5.41, 5.74) is 3.07. The molecule has 0 heterocycles. The molecule has 4 rings (SSSR count). The number of benzene rings is 4. The van der Waals surface area contributed by atoms with Crippen LogP contribution in [0, 0.1) is 0 Å². The van der Waals surface area contributed by atoms with Crippen molar-refractivity contribution in [3.63, 3.8) is 0 Å². The van der Waals surface area contributed by atoms with Crippen molar-refractivity contribution in [2.75, 3.05) is 10.6 Å². The molecule has 0 saturated carbocycles. The zero-order valence-electron chi connectivity index (χ0n) is 17.6. The predicted octanol–water partition coefficient (Wildman–Crippen LogP) is 8.94. The predicted molar refractivity (Wildman–Crippen MR) is 142 cm³/mol. The fourth-order valence-electron chi connectivity index (χ4n) is 3.27. The first kappa shape index (κ1) is 24.2. The van der Waals surface area contributed by atoms with Gasteiger partial charge in [0, 0.05) is 5.69 Å². The average molecular weight is 532 g/mol. The van der Waals surface area contributed by atoms with Gasteiger partial charge >= 0.3 is 5.97 Å². The molecule has 0 unspecified atom stereocenters. The fourth-order valence-corrected chi connectivity index (χ4v) is 4.26. The second kappa shape index (κ2) is 11.0. The maximum Gasteiger partial charge on any atom is 0.315 e. The van der Waals surface area contributed by atoms with E-state index in [1.54, 1.807) is 54.6 Å². The Balaban J connectivity index is 1.53. The molecular formula is C26H18Cl4N2O2. The van der Waals surface area contributed by atoms with Gasteiger partial charge in [-0.1, -0.05) is 88.9 Å². The van der Waals surface area contributed by atoms with Crippen LogP contribution >= 0.6 is 46.4 Å². The van der Waals surface area contributed by atoms with Crippen LogP contribution in [0.25, 0.3) is 0 Å². The Morgan fingerprint density at radius 3 is 1.68 bits per heavy atom. The van der Waals surface area contributed by atoms with E-state index in [4.69, 9.17) is 51.1 Å². The van der Waals surface area contributed by atoms with Crippen molar-refractivity contribution >= 4 is 75.1 Å². The summed E-state index contributed by atoms with van der Waals surface area (Å²) in [4.78, 5) is 12.9. The van der Waals surface area contributed by atoms with E-state index in [9.17, 15) is 4.79 Å². The summed E-state index contributed by atoms with van der Waals surface area (Å²) in [6.07, 6.45) is 0.0203. The number of carbonyl (C=O) groups is 1. The summed E-state index contributed by atoms with van der Waals surface area (Å²) in [7, 11) is 0. The van der Waals surface area contributed by atoms with Crippen molar-refractivity contribution in [2.45, 2.75) is 6.42 Å². The molecule has 0 aliphatic carbocycles. The second-order valence-electron chi connectivity index (χ2n) is 7.25. The molecule has 8 heteroatoms. The fraction of sp³-hybridized carbons (Fsp3) is 0.0385. The summed E-state index contributed by atoms with van der Waals surface area (Å²) >= 11 is 25.1. The largest absolute Gasteiger partial charge is 0.424 e. The SMILES string of the molecule is O=C(Cc1ccccc1Nc1c(Cl)cccc1Cl)Oc1ccccc1Nc1c(Cl)cccc1Cl. The lowest BCUT2D eigenvalue weighted by Gasteiger charge is -2.16. The zero-order chi connectivity index (χ0) is 24.1. The van der Waals surface area contributed by atoms with Gasteiger partial charge in [-0.15, -0.1) is 0 Å². The van der Waals surface area contributed by atoms with Gasteiger partial charge < -0.3 is 15.4 Å².